The molecule has 0 bridgehead atoms. The molecule has 0 saturated carbocycles. The van der Waals surface area contributed by atoms with Gasteiger partial charge in [0.05, 0.1) is 6.61 Å². The Balaban J connectivity index is 2.12. The van der Waals surface area contributed by atoms with Crippen LogP contribution >= 0.6 is 11.6 Å². The van der Waals surface area contributed by atoms with Gasteiger partial charge in [0.25, 0.3) is 0 Å². The van der Waals surface area contributed by atoms with Crippen LogP contribution in [-0.4, -0.2) is 7.11 Å². The van der Waals surface area contributed by atoms with E-state index in [0.717, 1.165) is 17.3 Å². The summed E-state index contributed by atoms with van der Waals surface area (Å²) in [6.45, 7) is 3.47. The van der Waals surface area contributed by atoms with Crippen LogP contribution in [0.2, 0.25) is 5.02 Å². The molecule has 0 aliphatic heterocycles. The number of halogens is 1. The van der Waals surface area contributed by atoms with Crippen molar-refractivity contribution >= 4 is 17.3 Å². The summed E-state index contributed by atoms with van der Waals surface area (Å²) in [7, 11) is 1.71. The molecule has 3 heteroatoms. The van der Waals surface area contributed by atoms with Crippen LogP contribution in [0.15, 0.2) is 42.5 Å². The van der Waals surface area contributed by atoms with Gasteiger partial charge in [0.15, 0.2) is 0 Å². The average Bonchev–Trinajstić information content (AvgIpc) is 2.42. The van der Waals surface area contributed by atoms with Crippen LogP contribution in [-0.2, 0) is 17.9 Å². The number of benzene rings is 2. The molecule has 2 rings (SSSR count). The standard InChI is InChI=1S/C16H18ClNO/c1-12-7-8-15(17)9-16(12)18-10-13-5-3-4-6-14(13)11-19-2/h3-9,18H,10-11H2,1-2H3. The van der Waals surface area contributed by atoms with E-state index in [0.29, 0.717) is 6.61 Å². The summed E-state index contributed by atoms with van der Waals surface area (Å²) >= 11 is 6.02. The van der Waals surface area contributed by atoms with Gasteiger partial charge in [-0.3, -0.25) is 0 Å². The van der Waals surface area contributed by atoms with Crippen LogP contribution in [0.5, 0.6) is 0 Å². The van der Waals surface area contributed by atoms with Crippen molar-refractivity contribution in [3.8, 4) is 0 Å². The lowest BCUT2D eigenvalue weighted by molar-refractivity contribution is 0.184. The van der Waals surface area contributed by atoms with Crippen molar-refractivity contribution < 1.29 is 4.74 Å². The number of methoxy groups -OCH3 is 1. The number of anilines is 1. The predicted molar refractivity (Wildman–Crippen MR) is 80.7 cm³/mol. The second-order valence-corrected chi connectivity index (χ2v) is 4.95. The topological polar surface area (TPSA) is 21.3 Å². The first-order chi connectivity index (χ1) is 9.20. The second kappa shape index (κ2) is 6.60. The van der Waals surface area contributed by atoms with Gasteiger partial charge >= 0.3 is 0 Å². The van der Waals surface area contributed by atoms with E-state index in [9.17, 15) is 0 Å². The molecular weight excluding hydrogens is 258 g/mol. The molecule has 0 aromatic heterocycles. The van der Waals surface area contributed by atoms with Crippen LogP contribution in [0.4, 0.5) is 5.69 Å². The first kappa shape index (κ1) is 13.9. The van der Waals surface area contributed by atoms with Gasteiger partial charge in [-0.05, 0) is 35.7 Å². The van der Waals surface area contributed by atoms with Crippen molar-refractivity contribution in [2.45, 2.75) is 20.1 Å². The third kappa shape index (κ3) is 3.72. The van der Waals surface area contributed by atoms with Gasteiger partial charge in [0.2, 0.25) is 0 Å². The minimum atomic E-state index is 0.631. The summed E-state index contributed by atoms with van der Waals surface area (Å²) in [6.07, 6.45) is 0. The smallest absolute Gasteiger partial charge is 0.0716 e. The molecule has 2 aromatic carbocycles. The molecule has 100 valence electrons. The molecular formula is C16H18ClNO. The van der Waals surface area contributed by atoms with E-state index in [1.807, 2.05) is 30.3 Å². The number of ether oxygens (including phenoxy) is 1. The van der Waals surface area contributed by atoms with Crippen molar-refractivity contribution in [1.29, 1.82) is 0 Å². The Bertz CT molecular complexity index is 554. The summed E-state index contributed by atoms with van der Waals surface area (Å²) in [5.41, 5.74) is 4.70. The zero-order valence-corrected chi connectivity index (χ0v) is 12.0. The summed E-state index contributed by atoms with van der Waals surface area (Å²) < 4.78 is 5.21. The van der Waals surface area contributed by atoms with Crippen molar-refractivity contribution in [3.63, 3.8) is 0 Å². The van der Waals surface area contributed by atoms with Gasteiger partial charge in [0.1, 0.15) is 0 Å². The molecule has 0 spiro atoms. The first-order valence-electron chi connectivity index (χ1n) is 6.26. The number of hydrogen-bond donors (Lipinski definition) is 1. The minimum absolute atomic E-state index is 0.631. The molecule has 19 heavy (non-hydrogen) atoms. The Morgan fingerprint density at radius 1 is 1.11 bits per heavy atom. The van der Waals surface area contributed by atoms with Crippen LogP contribution < -0.4 is 5.32 Å². The molecule has 0 unspecified atom stereocenters. The maximum Gasteiger partial charge on any atom is 0.0716 e. The molecule has 1 N–H and O–H groups in total. The summed E-state index contributed by atoms with van der Waals surface area (Å²) in [5, 5.41) is 4.18. The zero-order chi connectivity index (χ0) is 13.7. The Kier molecular flexibility index (Phi) is 4.83. The molecule has 2 nitrogen and oxygen atoms in total. The van der Waals surface area contributed by atoms with E-state index in [2.05, 4.69) is 24.4 Å². The molecule has 2 aromatic rings. The van der Waals surface area contributed by atoms with Gasteiger partial charge in [-0.1, -0.05) is 41.9 Å². The van der Waals surface area contributed by atoms with Gasteiger partial charge in [-0.2, -0.15) is 0 Å². The molecule has 0 amide bonds. The number of rotatable bonds is 5. The number of aryl methyl sites for hydroxylation is 1. The third-order valence-corrected chi connectivity index (χ3v) is 3.32. The largest absolute Gasteiger partial charge is 0.381 e. The third-order valence-electron chi connectivity index (χ3n) is 3.09. The van der Waals surface area contributed by atoms with Crippen molar-refractivity contribution in [2.24, 2.45) is 0 Å². The van der Waals surface area contributed by atoms with E-state index in [-0.39, 0.29) is 0 Å². The maximum absolute atomic E-state index is 6.02. The summed E-state index contributed by atoms with van der Waals surface area (Å²) in [6, 6.07) is 14.2. The van der Waals surface area contributed by atoms with E-state index >= 15 is 0 Å². The van der Waals surface area contributed by atoms with E-state index in [4.69, 9.17) is 16.3 Å². The van der Waals surface area contributed by atoms with Crippen molar-refractivity contribution in [3.05, 3.63) is 64.2 Å². The van der Waals surface area contributed by atoms with Gasteiger partial charge in [0, 0.05) is 24.4 Å². The fourth-order valence-corrected chi connectivity index (χ4v) is 2.17. The number of hydrogen-bond acceptors (Lipinski definition) is 2. The zero-order valence-electron chi connectivity index (χ0n) is 11.2. The molecule has 0 aliphatic rings. The fraction of sp³-hybridized carbons (Fsp3) is 0.250. The quantitative estimate of drug-likeness (QED) is 0.873. The van der Waals surface area contributed by atoms with E-state index in [1.54, 1.807) is 7.11 Å². The Labute approximate surface area is 119 Å². The highest BCUT2D eigenvalue weighted by Crippen LogP contribution is 2.21. The number of nitrogens with one attached hydrogen (secondary N) is 1. The van der Waals surface area contributed by atoms with Gasteiger partial charge in [-0.25, -0.2) is 0 Å². The van der Waals surface area contributed by atoms with E-state index in [1.165, 1.54) is 16.7 Å². The molecule has 0 radical (unpaired) electrons. The first-order valence-corrected chi connectivity index (χ1v) is 6.64. The van der Waals surface area contributed by atoms with Crippen molar-refractivity contribution in [2.75, 3.05) is 12.4 Å². The second-order valence-electron chi connectivity index (χ2n) is 4.51. The SMILES string of the molecule is COCc1ccccc1CNc1cc(Cl)ccc1C. The van der Waals surface area contributed by atoms with Gasteiger partial charge in [-0.15, -0.1) is 0 Å². The van der Waals surface area contributed by atoms with E-state index < -0.39 is 0 Å². The van der Waals surface area contributed by atoms with Crippen LogP contribution in [0.1, 0.15) is 16.7 Å². The highest BCUT2D eigenvalue weighted by atomic mass is 35.5. The summed E-state index contributed by atoms with van der Waals surface area (Å²) in [5.74, 6) is 0. The average molecular weight is 276 g/mol. The molecule has 0 atom stereocenters. The predicted octanol–water partition coefficient (Wildman–Crippen LogP) is 4.41. The maximum atomic E-state index is 6.02. The Morgan fingerprint density at radius 3 is 2.58 bits per heavy atom. The monoisotopic (exact) mass is 275 g/mol. The van der Waals surface area contributed by atoms with Crippen LogP contribution in [0.3, 0.4) is 0 Å². The minimum Gasteiger partial charge on any atom is -0.381 e. The highest BCUT2D eigenvalue weighted by Gasteiger charge is 2.03. The molecule has 0 fully saturated rings. The van der Waals surface area contributed by atoms with Crippen LogP contribution in [0.25, 0.3) is 0 Å². The highest BCUT2D eigenvalue weighted by molar-refractivity contribution is 6.30. The van der Waals surface area contributed by atoms with Crippen molar-refractivity contribution in [1.82, 2.24) is 0 Å². The van der Waals surface area contributed by atoms with Crippen LogP contribution in [0, 0.1) is 6.92 Å². The molecule has 0 heterocycles. The lowest BCUT2D eigenvalue weighted by Crippen LogP contribution is -2.04. The normalized spacial score (nSPS) is 10.5. The lowest BCUT2D eigenvalue weighted by atomic mass is 10.1. The molecule has 0 saturated heterocycles. The lowest BCUT2D eigenvalue weighted by Gasteiger charge is -2.13. The fourth-order valence-electron chi connectivity index (χ4n) is 2.00. The molecule has 0 aliphatic carbocycles. The summed E-state index contributed by atoms with van der Waals surface area (Å²) in [4.78, 5) is 0. The Hall–Kier alpha value is -1.51. The Morgan fingerprint density at radius 2 is 1.84 bits per heavy atom. The van der Waals surface area contributed by atoms with Gasteiger partial charge < -0.3 is 10.1 Å².